The molecule has 0 radical (unpaired) electrons. The number of nitrogens with two attached hydrogens (primary N) is 1. The minimum Gasteiger partial charge on any atom is -0.322 e. The molecule has 1 aliphatic rings. The van der Waals surface area contributed by atoms with Crippen molar-refractivity contribution in [2.45, 2.75) is 45.1 Å². The fourth-order valence-corrected chi connectivity index (χ4v) is 2.57. The summed E-state index contributed by atoms with van der Waals surface area (Å²) in [5.74, 6) is 0. The minimum atomic E-state index is -0.231. The molecule has 1 aliphatic heterocycles. The molecule has 1 aromatic carbocycles. The Morgan fingerprint density at radius 2 is 1.67 bits per heavy atom. The maximum atomic E-state index is 6.09. The SMILES string of the molecule is CC(C)(N)c1ccc(CCN2CCCCC2)cc1. The average Bonchev–Trinajstić information content (AvgIpc) is 2.37. The molecule has 2 nitrogen and oxygen atoms in total. The van der Waals surface area contributed by atoms with Crippen LogP contribution in [0.2, 0.25) is 0 Å². The molecule has 1 saturated heterocycles. The van der Waals surface area contributed by atoms with Crippen LogP contribution in [0.1, 0.15) is 44.2 Å². The molecule has 0 unspecified atom stereocenters. The van der Waals surface area contributed by atoms with Crippen molar-refractivity contribution in [2.24, 2.45) is 5.73 Å². The smallest absolute Gasteiger partial charge is 0.0352 e. The molecule has 1 fully saturated rings. The molecular weight excluding hydrogens is 220 g/mol. The van der Waals surface area contributed by atoms with Gasteiger partial charge in [-0.15, -0.1) is 0 Å². The Balaban J connectivity index is 1.86. The predicted octanol–water partition coefficient (Wildman–Crippen LogP) is 2.91. The summed E-state index contributed by atoms with van der Waals surface area (Å²) in [4.78, 5) is 2.59. The van der Waals surface area contributed by atoms with Crippen LogP contribution >= 0.6 is 0 Å². The quantitative estimate of drug-likeness (QED) is 0.885. The van der Waals surface area contributed by atoms with E-state index in [1.165, 1.54) is 50.0 Å². The molecule has 1 heterocycles. The van der Waals surface area contributed by atoms with Gasteiger partial charge in [-0.3, -0.25) is 0 Å². The first-order valence-corrected chi connectivity index (χ1v) is 7.16. The Morgan fingerprint density at radius 3 is 2.22 bits per heavy atom. The van der Waals surface area contributed by atoms with Crippen LogP contribution in [0.3, 0.4) is 0 Å². The van der Waals surface area contributed by atoms with E-state index >= 15 is 0 Å². The van der Waals surface area contributed by atoms with Gasteiger partial charge >= 0.3 is 0 Å². The Bertz CT molecular complexity index is 356. The van der Waals surface area contributed by atoms with E-state index in [2.05, 4.69) is 43.0 Å². The van der Waals surface area contributed by atoms with E-state index in [1.807, 2.05) is 0 Å². The summed E-state index contributed by atoms with van der Waals surface area (Å²) in [7, 11) is 0. The van der Waals surface area contributed by atoms with Gasteiger partial charge in [0.2, 0.25) is 0 Å². The maximum absolute atomic E-state index is 6.09. The van der Waals surface area contributed by atoms with Crippen LogP contribution in [0.4, 0.5) is 0 Å². The molecule has 0 spiro atoms. The number of likely N-dealkylation sites (tertiary alicyclic amines) is 1. The molecule has 0 saturated carbocycles. The van der Waals surface area contributed by atoms with Crippen molar-refractivity contribution in [3.05, 3.63) is 35.4 Å². The van der Waals surface area contributed by atoms with Crippen molar-refractivity contribution >= 4 is 0 Å². The van der Waals surface area contributed by atoms with Crippen LogP contribution in [-0.4, -0.2) is 24.5 Å². The molecule has 1 aromatic rings. The van der Waals surface area contributed by atoms with Gasteiger partial charge in [0.05, 0.1) is 0 Å². The fraction of sp³-hybridized carbons (Fsp3) is 0.625. The van der Waals surface area contributed by atoms with Gasteiger partial charge in [-0.25, -0.2) is 0 Å². The lowest BCUT2D eigenvalue weighted by Gasteiger charge is -2.26. The lowest BCUT2D eigenvalue weighted by Crippen LogP contribution is -2.31. The van der Waals surface area contributed by atoms with Gasteiger partial charge in [0.1, 0.15) is 0 Å². The van der Waals surface area contributed by atoms with Crippen molar-refractivity contribution in [1.29, 1.82) is 0 Å². The third-order valence-corrected chi connectivity index (χ3v) is 3.86. The van der Waals surface area contributed by atoms with Crippen molar-refractivity contribution < 1.29 is 0 Å². The van der Waals surface area contributed by atoms with Gasteiger partial charge in [-0.2, -0.15) is 0 Å². The monoisotopic (exact) mass is 246 g/mol. The van der Waals surface area contributed by atoms with Crippen LogP contribution in [0.15, 0.2) is 24.3 Å². The Kier molecular flexibility index (Phi) is 4.41. The van der Waals surface area contributed by atoms with Gasteiger partial charge in [-0.05, 0) is 57.3 Å². The molecule has 0 atom stereocenters. The third kappa shape index (κ3) is 3.82. The van der Waals surface area contributed by atoms with Crippen LogP contribution in [0.5, 0.6) is 0 Å². The number of nitrogens with zero attached hydrogens (tertiary/aromatic N) is 1. The summed E-state index contributed by atoms with van der Waals surface area (Å²) >= 11 is 0. The summed E-state index contributed by atoms with van der Waals surface area (Å²) in [6.07, 6.45) is 5.32. The minimum absolute atomic E-state index is 0.231. The lowest BCUT2D eigenvalue weighted by atomic mass is 9.94. The molecule has 2 N–H and O–H groups in total. The van der Waals surface area contributed by atoms with Gasteiger partial charge in [0.15, 0.2) is 0 Å². The Labute approximate surface area is 111 Å². The zero-order valence-electron chi connectivity index (χ0n) is 11.8. The Hall–Kier alpha value is -0.860. The molecule has 0 aromatic heterocycles. The summed E-state index contributed by atoms with van der Waals surface area (Å²) < 4.78 is 0. The van der Waals surface area contributed by atoms with Crippen LogP contribution < -0.4 is 5.73 Å². The highest BCUT2D eigenvalue weighted by Crippen LogP contribution is 2.17. The second-order valence-corrected chi connectivity index (χ2v) is 6.07. The van der Waals surface area contributed by atoms with Gasteiger partial charge in [0, 0.05) is 12.1 Å². The first-order valence-electron chi connectivity index (χ1n) is 7.16. The van der Waals surface area contributed by atoms with E-state index in [1.54, 1.807) is 0 Å². The second-order valence-electron chi connectivity index (χ2n) is 6.07. The van der Waals surface area contributed by atoms with Gasteiger partial charge in [0.25, 0.3) is 0 Å². The van der Waals surface area contributed by atoms with E-state index in [4.69, 9.17) is 5.73 Å². The van der Waals surface area contributed by atoms with Gasteiger partial charge in [-0.1, -0.05) is 30.7 Å². The fourth-order valence-electron chi connectivity index (χ4n) is 2.57. The summed E-state index contributed by atoms with van der Waals surface area (Å²) in [6, 6.07) is 8.80. The number of hydrogen-bond donors (Lipinski definition) is 1. The van der Waals surface area contributed by atoms with Crippen molar-refractivity contribution in [2.75, 3.05) is 19.6 Å². The zero-order valence-corrected chi connectivity index (χ0v) is 11.8. The van der Waals surface area contributed by atoms with E-state index in [9.17, 15) is 0 Å². The van der Waals surface area contributed by atoms with E-state index in [0.717, 1.165) is 6.42 Å². The molecule has 18 heavy (non-hydrogen) atoms. The molecule has 2 heteroatoms. The standard InChI is InChI=1S/C16H26N2/c1-16(2,17)15-8-6-14(7-9-15)10-13-18-11-4-3-5-12-18/h6-9H,3-5,10-13,17H2,1-2H3. The van der Waals surface area contributed by atoms with Crippen molar-refractivity contribution in [3.63, 3.8) is 0 Å². The molecule has 0 bridgehead atoms. The van der Waals surface area contributed by atoms with Crippen molar-refractivity contribution in [1.82, 2.24) is 4.90 Å². The van der Waals surface area contributed by atoms with Crippen LogP contribution in [0.25, 0.3) is 0 Å². The van der Waals surface area contributed by atoms with Crippen LogP contribution in [0, 0.1) is 0 Å². The summed E-state index contributed by atoms with van der Waals surface area (Å²) in [5.41, 5.74) is 8.50. The normalized spacial score (nSPS) is 17.9. The first-order chi connectivity index (χ1) is 8.55. The summed E-state index contributed by atoms with van der Waals surface area (Å²) in [5, 5.41) is 0. The average molecular weight is 246 g/mol. The second kappa shape index (κ2) is 5.85. The third-order valence-electron chi connectivity index (χ3n) is 3.86. The summed E-state index contributed by atoms with van der Waals surface area (Å²) in [6.45, 7) is 7.87. The Morgan fingerprint density at radius 1 is 1.06 bits per heavy atom. The van der Waals surface area contributed by atoms with E-state index in [0.29, 0.717) is 0 Å². The highest BCUT2D eigenvalue weighted by molar-refractivity contribution is 5.27. The number of piperidine rings is 1. The molecule has 100 valence electrons. The lowest BCUT2D eigenvalue weighted by molar-refractivity contribution is 0.231. The zero-order chi connectivity index (χ0) is 13.0. The number of hydrogen-bond acceptors (Lipinski definition) is 2. The maximum Gasteiger partial charge on any atom is 0.0352 e. The van der Waals surface area contributed by atoms with E-state index in [-0.39, 0.29) is 5.54 Å². The number of rotatable bonds is 4. The van der Waals surface area contributed by atoms with Gasteiger partial charge < -0.3 is 10.6 Å². The molecule has 0 aliphatic carbocycles. The van der Waals surface area contributed by atoms with Crippen LogP contribution in [-0.2, 0) is 12.0 Å². The topological polar surface area (TPSA) is 29.3 Å². The van der Waals surface area contributed by atoms with E-state index < -0.39 is 0 Å². The molecule has 0 amide bonds. The highest BCUT2D eigenvalue weighted by atomic mass is 15.1. The molecule has 2 rings (SSSR count). The largest absolute Gasteiger partial charge is 0.322 e. The predicted molar refractivity (Wildman–Crippen MR) is 77.7 cm³/mol. The van der Waals surface area contributed by atoms with Crippen molar-refractivity contribution in [3.8, 4) is 0 Å². The highest BCUT2D eigenvalue weighted by Gasteiger charge is 2.13. The molecular formula is C16H26N2. The first kappa shape index (κ1) is 13.6. The number of benzene rings is 1.